The lowest BCUT2D eigenvalue weighted by atomic mass is 9.32. The summed E-state index contributed by atoms with van der Waals surface area (Å²) in [4.78, 5) is 50.5. The van der Waals surface area contributed by atoms with E-state index in [-0.39, 0.29) is 45.5 Å². The molecule has 2 aromatic rings. The minimum absolute atomic E-state index is 0.0395. The van der Waals surface area contributed by atoms with Crippen LogP contribution in [0.5, 0.6) is 5.75 Å². The number of carboxylic acid groups (broad SMARTS) is 2. The number of aliphatic carboxylic acids is 2. The topological polar surface area (TPSA) is 162 Å². The van der Waals surface area contributed by atoms with E-state index in [9.17, 15) is 29.4 Å². The maximum absolute atomic E-state index is 14.4. The zero-order valence-electron chi connectivity index (χ0n) is 34.6. The van der Waals surface area contributed by atoms with E-state index in [1.165, 1.54) is 25.7 Å². The third-order valence-electron chi connectivity index (χ3n) is 17.0. The fourth-order valence-corrected chi connectivity index (χ4v) is 13.9. The fraction of sp³-hybridized carbons (Fsp3) is 0.660. The van der Waals surface area contributed by atoms with Crippen LogP contribution in [-0.2, 0) is 27.2 Å². The lowest BCUT2D eigenvalue weighted by molar-refractivity contribution is -0.244. The number of ether oxygens (including phenoxy) is 1. The van der Waals surface area contributed by atoms with E-state index in [1.807, 2.05) is 6.07 Å². The zero-order chi connectivity index (χ0) is 41.0. The predicted molar refractivity (Wildman–Crippen MR) is 217 cm³/mol. The number of aliphatic hydroxyl groups excluding tert-OH is 1. The number of carboxylic acids is 2. The number of carbonyl (C=O) groups is 4. The molecule has 2 aromatic carbocycles. The number of fused-ring (bicyclic) bond motifs is 7. The summed E-state index contributed by atoms with van der Waals surface area (Å²) in [6.45, 7) is 12.4. The Morgan fingerprint density at radius 1 is 0.789 bits per heavy atom. The number of benzene rings is 2. The Hall–Kier alpha value is -3.92. The third kappa shape index (κ3) is 7.16. The van der Waals surface area contributed by atoms with E-state index in [1.54, 1.807) is 42.5 Å². The van der Waals surface area contributed by atoms with Gasteiger partial charge in [0.15, 0.2) is 6.61 Å². The van der Waals surface area contributed by atoms with Gasteiger partial charge in [-0.15, -0.1) is 0 Å². The van der Waals surface area contributed by atoms with Crippen LogP contribution in [0.4, 0.5) is 0 Å². The largest absolute Gasteiger partial charge is 0.482 e. The van der Waals surface area contributed by atoms with Crippen molar-refractivity contribution in [2.75, 3.05) is 13.2 Å². The minimum Gasteiger partial charge on any atom is -0.482 e. The molecule has 10 nitrogen and oxygen atoms in total. The van der Waals surface area contributed by atoms with Gasteiger partial charge in [0.2, 0.25) is 5.91 Å². The van der Waals surface area contributed by atoms with Gasteiger partial charge < -0.3 is 30.7 Å². The van der Waals surface area contributed by atoms with E-state index in [4.69, 9.17) is 9.84 Å². The van der Waals surface area contributed by atoms with Crippen molar-refractivity contribution in [1.82, 2.24) is 10.6 Å². The molecule has 7 rings (SSSR count). The van der Waals surface area contributed by atoms with Gasteiger partial charge in [-0.05, 0) is 151 Å². The summed E-state index contributed by atoms with van der Waals surface area (Å²) in [5.41, 5.74) is 2.13. The van der Waals surface area contributed by atoms with E-state index in [0.29, 0.717) is 53.5 Å². The first-order valence-corrected chi connectivity index (χ1v) is 21.5. The molecular formula is C47H64N2O8. The number of hydrogen-bond acceptors (Lipinski definition) is 6. The first kappa shape index (κ1) is 41.2. The Labute approximate surface area is 337 Å². The molecule has 2 amide bonds. The first-order valence-electron chi connectivity index (χ1n) is 21.5. The molecule has 5 saturated carbocycles. The summed E-state index contributed by atoms with van der Waals surface area (Å²) in [6.07, 6.45) is 12.4. The summed E-state index contributed by atoms with van der Waals surface area (Å²) in [5.74, 6) is -0.121. The van der Waals surface area contributed by atoms with Gasteiger partial charge in [0.05, 0.1) is 11.5 Å². The highest BCUT2D eigenvalue weighted by atomic mass is 16.5. The number of rotatable bonds is 12. The van der Waals surface area contributed by atoms with Gasteiger partial charge >= 0.3 is 11.9 Å². The molecule has 0 aliphatic heterocycles. The van der Waals surface area contributed by atoms with Crippen molar-refractivity contribution in [3.05, 3.63) is 65.2 Å². The van der Waals surface area contributed by atoms with Crippen LogP contribution in [0.25, 0.3) is 0 Å². The van der Waals surface area contributed by atoms with Gasteiger partial charge in [-0.25, -0.2) is 9.59 Å². The van der Waals surface area contributed by atoms with Crippen LogP contribution < -0.4 is 15.4 Å². The van der Waals surface area contributed by atoms with Crippen LogP contribution in [0.1, 0.15) is 127 Å². The molecule has 9 unspecified atom stereocenters. The maximum Gasteiger partial charge on any atom is 0.341 e. The maximum atomic E-state index is 14.4. The van der Waals surface area contributed by atoms with E-state index >= 15 is 0 Å². The summed E-state index contributed by atoms with van der Waals surface area (Å²) in [7, 11) is 0. The van der Waals surface area contributed by atoms with Crippen LogP contribution in [0, 0.1) is 50.7 Å². The molecule has 0 heterocycles. The van der Waals surface area contributed by atoms with Crippen molar-refractivity contribution >= 4 is 23.8 Å². The Morgan fingerprint density at radius 2 is 1.54 bits per heavy atom. The SMILES string of the molecule is CC1(C)C(O)CCC2(C)C1CCC1(C)C2CCC2C3CCCC3(C(=O)NCCc3cccc(C(=O)NC(Cc4ccc(OCC(=O)O)cc4)C(=O)O)c3)CC[C@]21C. The summed E-state index contributed by atoms with van der Waals surface area (Å²) in [5, 5.41) is 35.8. The van der Waals surface area contributed by atoms with Crippen LogP contribution in [0.15, 0.2) is 48.5 Å². The second-order valence-corrected chi connectivity index (χ2v) is 19.8. The van der Waals surface area contributed by atoms with Crippen LogP contribution in [0.3, 0.4) is 0 Å². The summed E-state index contributed by atoms with van der Waals surface area (Å²) < 4.78 is 5.15. The highest BCUT2D eigenvalue weighted by molar-refractivity contribution is 5.96. The highest BCUT2D eigenvalue weighted by Crippen LogP contribution is 2.76. The molecule has 0 saturated heterocycles. The van der Waals surface area contributed by atoms with Crippen molar-refractivity contribution in [3.63, 3.8) is 0 Å². The lowest BCUT2D eigenvalue weighted by Crippen LogP contribution is -2.67. The molecule has 57 heavy (non-hydrogen) atoms. The van der Waals surface area contributed by atoms with Gasteiger partial charge in [0.1, 0.15) is 11.8 Å². The Morgan fingerprint density at radius 3 is 2.26 bits per heavy atom. The average Bonchev–Trinajstić information content (AvgIpc) is 3.62. The molecular weight excluding hydrogens is 721 g/mol. The summed E-state index contributed by atoms with van der Waals surface area (Å²) in [6, 6.07) is 12.4. The monoisotopic (exact) mass is 784 g/mol. The van der Waals surface area contributed by atoms with E-state index in [2.05, 4.69) is 45.3 Å². The van der Waals surface area contributed by atoms with Gasteiger partial charge in [-0.1, -0.05) is 65.3 Å². The van der Waals surface area contributed by atoms with Crippen molar-refractivity contribution in [2.24, 2.45) is 50.7 Å². The molecule has 10 heteroatoms. The Bertz CT molecular complexity index is 1860. The smallest absolute Gasteiger partial charge is 0.341 e. The number of aliphatic hydroxyl groups is 1. The standard InChI is InChI=1S/C47H64N2O8/c1-43(2)36-17-22-46(5)37(44(36,3)21-18-38(43)50)16-15-33-34-10-7-20-47(34,24-23-45(33,46)4)42(56)48-25-19-29-8-6-9-31(26-29)40(53)49-35(41(54)55)27-30-11-13-32(14-12-30)57-28-39(51)52/h6,8-9,11-14,26,33-38,50H,7,10,15-25,27-28H2,1-5H3,(H,48,56)(H,49,53)(H,51,52)(H,54,55)/t33?,34?,35?,36?,37?,38?,44?,45-,46?,47?/m1/s1. The van der Waals surface area contributed by atoms with Crippen LogP contribution in [-0.4, -0.2) is 64.4 Å². The lowest BCUT2D eigenvalue weighted by Gasteiger charge is -2.72. The molecule has 310 valence electrons. The molecule has 0 spiro atoms. The molecule has 0 aromatic heterocycles. The number of nitrogens with one attached hydrogen (secondary N) is 2. The van der Waals surface area contributed by atoms with Crippen molar-refractivity contribution < 1.29 is 39.2 Å². The third-order valence-corrected chi connectivity index (χ3v) is 17.0. The average molecular weight is 785 g/mol. The van der Waals surface area contributed by atoms with Crippen LogP contribution in [0.2, 0.25) is 0 Å². The van der Waals surface area contributed by atoms with Gasteiger partial charge in [-0.3, -0.25) is 9.59 Å². The van der Waals surface area contributed by atoms with Gasteiger partial charge in [-0.2, -0.15) is 0 Å². The number of amides is 2. The number of hydrogen-bond donors (Lipinski definition) is 5. The molecule has 5 fully saturated rings. The quantitative estimate of drug-likeness (QED) is 0.148. The predicted octanol–water partition coefficient (Wildman–Crippen LogP) is 7.45. The van der Waals surface area contributed by atoms with E-state index in [0.717, 1.165) is 50.5 Å². The van der Waals surface area contributed by atoms with Crippen molar-refractivity contribution in [1.29, 1.82) is 0 Å². The first-order chi connectivity index (χ1) is 26.9. The molecule has 5 aliphatic rings. The second kappa shape index (κ2) is 15.4. The normalized spacial score (nSPS) is 35.6. The van der Waals surface area contributed by atoms with Gasteiger partial charge in [0, 0.05) is 18.5 Å². The zero-order valence-corrected chi connectivity index (χ0v) is 34.6. The van der Waals surface area contributed by atoms with Crippen molar-refractivity contribution in [2.45, 2.75) is 130 Å². The minimum atomic E-state index is -1.17. The van der Waals surface area contributed by atoms with Crippen LogP contribution >= 0.6 is 0 Å². The highest BCUT2D eigenvalue weighted by Gasteiger charge is 2.70. The molecule has 0 bridgehead atoms. The molecule has 0 radical (unpaired) electrons. The van der Waals surface area contributed by atoms with E-state index < -0.39 is 30.5 Å². The van der Waals surface area contributed by atoms with Crippen molar-refractivity contribution in [3.8, 4) is 5.75 Å². The molecule has 5 aliphatic carbocycles. The number of carbonyl (C=O) groups excluding carboxylic acids is 2. The van der Waals surface area contributed by atoms with Gasteiger partial charge in [0.25, 0.3) is 5.91 Å². The summed E-state index contributed by atoms with van der Waals surface area (Å²) >= 11 is 0. The Balaban J connectivity index is 0.968. The second-order valence-electron chi connectivity index (χ2n) is 19.8. The molecule has 10 atom stereocenters. The Kier molecular flexibility index (Phi) is 11.1. The fourth-order valence-electron chi connectivity index (χ4n) is 13.9. The molecule has 5 N–H and O–H groups in total.